The van der Waals surface area contributed by atoms with Crippen molar-refractivity contribution in [1.29, 1.82) is 5.26 Å². The van der Waals surface area contributed by atoms with E-state index in [1.807, 2.05) is 6.19 Å². The second-order valence-corrected chi connectivity index (χ2v) is 3.16. The molecule has 0 fully saturated rings. The van der Waals surface area contributed by atoms with Crippen LogP contribution in [0, 0.1) is 11.5 Å². The molecule has 0 N–H and O–H groups in total. The van der Waals surface area contributed by atoms with Gasteiger partial charge in [0.15, 0.2) is 6.19 Å². The van der Waals surface area contributed by atoms with Crippen molar-refractivity contribution in [1.82, 2.24) is 0 Å². The molecular weight excluding hydrogens is 195 g/mol. The van der Waals surface area contributed by atoms with Gasteiger partial charge in [-0.2, -0.15) is 5.26 Å². The molecule has 0 amide bonds. The molecule has 0 spiro atoms. The first-order valence-electron chi connectivity index (χ1n) is 3.23. The van der Waals surface area contributed by atoms with Crippen molar-refractivity contribution in [2.24, 2.45) is 0 Å². The van der Waals surface area contributed by atoms with E-state index in [1.165, 1.54) is 4.90 Å². The molecule has 0 aromatic heterocycles. The van der Waals surface area contributed by atoms with Crippen LogP contribution in [0.5, 0.6) is 0 Å². The molecule has 0 saturated heterocycles. The molecule has 1 aromatic rings. The van der Waals surface area contributed by atoms with Crippen LogP contribution in [0.1, 0.15) is 0 Å². The molecule has 1 aromatic carbocycles. The average molecular weight is 201 g/mol. The third-order valence-electron chi connectivity index (χ3n) is 1.38. The van der Waals surface area contributed by atoms with Crippen LogP contribution >= 0.6 is 23.2 Å². The number of hydrogen-bond donors (Lipinski definition) is 0. The summed E-state index contributed by atoms with van der Waals surface area (Å²) in [5.41, 5.74) is 0.690. The SMILES string of the molecule is CN(C#N)c1cc(Cl)cc(Cl)c1. The number of hydrogen-bond acceptors (Lipinski definition) is 2. The molecule has 0 aliphatic heterocycles. The highest BCUT2D eigenvalue weighted by atomic mass is 35.5. The van der Waals surface area contributed by atoms with Gasteiger partial charge in [0.2, 0.25) is 0 Å². The lowest BCUT2D eigenvalue weighted by atomic mass is 10.3. The highest BCUT2D eigenvalue weighted by molar-refractivity contribution is 6.35. The second kappa shape index (κ2) is 3.66. The first-order valence-corrected chi connectivity index (χ1v) is 3.98. The van der Waals surface area contributed by atoms with Crippen molar-refractivity contribution >= 4 is 28.9 Å². The fraction of sp³-hybridized carbons (Fsp3) is 0.125. The van der Waals surface area contributed by atoms with E-state index in [1.54, 1.807) is 25.2 Å². The summed E-state index contributed by atoms with van der Waals surface area (Å²) in [5, 5.41) is 9.61. The first kappa shape index (κ1) is 9.18. The maximum atomic E-state index is 8.56. The van der Waals surface area contributed by atoms with Crippen LogP contribution in [0.2, 0.25) is 10.0 Å². The zero-order valence-corrected chi connectivity index (χ0v) is 7.89. The number of nitriles is 1. The van der Waals surface area contributed by atoms with E-state index in [2.05, 4.69) is 0 Å². The van der Waals surface area contributed by atoms with E-state index in [0.29, 0.717) is 15.7 Å². The largest absolute Gasteiger partial charge is 0.282 e. The Balaban J connectivity index is 3.10. The van der Waals surface area contributed by atoms with E-state index >= 15 is 0 Å². The van der Waals surface area contributed by atoms with Crippen molar-refractivity contribution in [3.05, 3.63) is 28.2 Å². The summed E-state index contributed by atoms with van der Waals surface area (Å²) in [6, 6.07) is 4.98. The van der Waals surface area contributed by atoms with Gasteiger partial charge in [0.05, 0.1) is 5.69 Å². The standard InChI is InChI=1S/C8H6Cl2N2/c1-12(5-11)8-3-6(9)2-7(10)4-8/h2-4H,1H3. The maximum Gasteiger partial charge on any atom is 0.183 e. The first-order chi connectivity index (χ1) is 5.63. The molecule has 4 heteroatoms. The number of nitrogens with zero attached hydrogens (tertiary/aromatic N) is 2. The smallest absolute Gasteiger partial charge is 0.183 e. The number of halogens is 2. The summed E-state index contributed by atoms with van der Waals surface area (Å²) in [6.07, 6.45) is 1.95. The van der Waals surface area contributed by atoms with Crippen molar-refractivity contribution in [3.8, 4) is 6.19 Å². The molecule has 0 bridgehead atoms. The van der Waals surface area contributed by atoms with Crippen LogP contribution < -0.4 is 4.90 Å². The predicted molar refractivity (Wildman–Crippen MR) is 50.5 cm³/mol. The van der Waals surface area contributed by atoms with E-state index < -0.39 is 0 Å². The van der Waals surface area contributed by atoms with Gasteiger partial charge in [0.25, 0.3) is 0 Å². The van der Waals surface area contributed by atoms with Crippen LogP contribution in [-0.2, 0) is 0 Å². The van der Waals surface area contributed by atoms with Crippen LogP contribution in [-0.4, -0.2) is 7.05 Å². The molecule has 0 atom stereocenters. The third-order valence-corrected chi connectivity index (χ3v) is 1.82. The van der Waals surface area contributed by atoms with Gasteiger partial charge in [-0.3, -0.25) is 4.90 Å². The lowest BCUT2D eigenvalue weighted by Gasteiger charge is -2.08. The Bertz CT molecular complexity index is 310. The van der Waals surface area contributed by atoms with Crippen molar-refractivity contribution < 1.29 is 0 Å². The Hall–Kier alpha value is -0.910. The topological polar surface area (TPSA) is 27.0 Å². The average Bonchev–Trinajstić information content (AvgIpc) is 2.01. The minimum Gasteiger partial charge on any atom is -0.282 e. The minimum atomic E-state index is 0.527. The van der Waals surface area contributed by atoms with E-state index in [9.17, 15) is 0 Å². The lowest BCUT2D eigenvalue weighted by Crippen LogP contribution is -2.07. The Morgan fingerprint density at radius 1 is 1.25 bits per heavy atom. The third kappa shape index (κ3) is 2.04. The monoisotopic (exact) mass is 200 g/mol. The van der Waals surface area contributed by atoms with E-state index in [4.69, 9.17) is 28.5 Å². The summed E-state index contributed by atoms with van der Waals surface area (Å²) < 4.78 is 0. The maximum absolute atomic E-state index is 8.56. The molecular formula is C8H6Cl2N2. The van der Waals surface area contributed by atoms with Gasteiger partial charge in [-0.15, -0.1) is 0 Å². The summed E-state index contributed by atoms with van der Waals surface area (Å²) in [4.78, 5) is 1.39. The molecule has 0 aliphatic rings. The van der Waals surface area contributed by atoms with Gasteiger partial charge in [0.1, 0.15) is 0 Å². The number of anilines is 1. The lowest BCUT2D eigenvalue weighted by molar-refractivity contribution is 1.20. The molecule has 0 unspecified atom stereocenters. The molecule has 0 heterocycles. The highest BCUT2D eigenvalue weighted by Crippen LogP contribution is 2.24. The minimum absolute atomic E-state index is 0.527. The Labute approximate surface area is 80.9 Å². The van der Waals surface area contributed by atoms with Crippen LogP contribution in [0.25, 0.3) is 0 Å². The summed E-state index contributed by atoms with van der Waals surface area (Å²) in [5.74, 6) is 0. The summed E-state index contributed by atoms with van der Waals surface area (Å²) >= 11 is 11.5. The van der Waals surface area contributed by atoms with Gasteiger partial charge in [0, 0.05) is 17.1 Å². The number of rotatable bonds is 1. The van der Waals surface area contributed by atoms with Gasteiger partial charge in [-0.25, -0.2) is 0 Å². The van der Waals surface area contributed by atoms with Gasteiger partial charge in [-0.1, -0.05) is 23.2 Å². The van der Waals surface area contributed by atoms with Gasteiger partial charge >= 0.3 is 0 Å². The van der Waals surface area contributed by atoms with Crippen LogP contribution in [0.15, 0.2) is 18.2 Å². The summed E-state index contributed by atoms with van der Waals surface area (Å²) in [7, 11) is 1.64. The highest BCUT2D eigenvalue weighted by Gasteiger charge is 2.01. The second-order valence-electron chi connectivity index (χ2n) is 2.29. The molecule has 0 radical (unpaired) electrons. The van der Waals surface area contributed by atoms with Crippen molar-refractivity contribution in [2.45, 2.75) is 0 Å². The Morgan fingerprint density at radius 3 is 2.17 bits per heavy atom. The fourth-order valence-corrected chi connectivity index (χ4v) is 1.31. The fourth-order valence-electron chi connectivity index (χ4n) is 0.791. The zero-order chi connectivity index (χ0) is 9.14. The van der Waals surface area contributed by atoms with Crippen LogP contribution in [0.4, 0.5) is 5.69 Å². The van der Waals surface area contributed by atoms with E-state index in [-0.39, 0.29) is 0 Å². The van der Waals surface area contributed by atoms with Gasteiger partial charge in [-0.05, 0) is 18.2 Å². The van der Waals surface area contributed by atoms with Crippen molar-refractivity contribution in [3.63, 3.8) is 0 Å². The quantitative estimate of drug-likeness (QED) is 0.515. The number of benzene rings is 1. The molecule has 62 valence electrons. The van der Waals surface area contributed by atoms with E-state index in [0.717, 1.165) is 0 Å². The molecule has 12 heavy (non-hydrogen) atoms. The van der Waals surface area contributed by atoms with Crippen LogP contribution in [0.3, 0.4) is 0 Å². The molecule has 0 aliphatic carbocycles. The zero-order valence-electron chi connectivity index (χ0n) is 6.38. The Morgan fingerprint density at radius 2 is 1.75 bits per heavy atom. The summed E-state index contributed by atoms with van der Waals surface area (Å²) in [6.45, 7) is 0. The normalized spacial score (nSPS) is 9.17. The Kier molecular flexibility index (Phi) is 2.80. The molecule has 0 saturated carbocycles. The molecule has 1 rings (SSSR count). The predicted octanol–water partition coefficient (Wildman–Crippen LogP) is 2.91. The molecule has 2 nitrogen and oxygen atoms in total. The van der Waals surface area contributed by atoms with Gasteiger partial charge < -0.3 is 0 Å². The van der Waals surface area contributed by atoms with Crippen molar-refractivity contribution in [2.75, 3.05) is 11.9 Å².